The lowest BCUT2D eigenvalue weighted by Gasteiger charge is -2.24. The predicted octanol–water partition coefficient (Wildman–Crippen LogP) is 1.64. The van der Waals surface area contributed by atoms with Gasteiger partial charge in [-0.1, -0.05) is 18.2 Å². The third-order valence-corrected chi connectivity index (χ3v) is 4.08. The molecule has 2 aliphatic rings. The molecule has 0 aromatic heterocycles. The van der Waals surface area contributed by atoms with Gasteiger partial charge in [-0.3, -0.25) is 9.69 Å². The van der Waals surface area contributed by atoms with Gasteiger partial charge >= 0.3 is 5.97 Å². The van der Waals surface area contributed by atoms with Crippen molar-refractivity contribution in [3.63, 3.8) is 0 Å². The van der Waals surface area contributed by atoms with Crippen molar-refractivity contribution in [2.24, 2.45) is 0 Å². The van der Waals surface area contributed by atoms with Gasteiger partial charge in [0.25, 0.3) is 0 Å². The molecular formula is C15H20N2O2. The summed E-state index contributed by atoms with van der Waals surface area (Å²) in [6.07, 6.45) is 0.860. The number of cyclic esters (lactones) is 1. The standard InChI is InChI=1S/C15H20N2O2/c1-11-9-14(15(18)19-11)17-8-7-16(2)13-6-4-3-5-12(13)10-17/h3-6,11,14H,7-10H2,1-2H3/t11-,14-/m1/s1. The summed E-state index contributed by atoms with van der Waals surface area (Å²) in [6.45, 7) is 4.63. The molecule has 0 N–H and O–H groups in total. The Morgan fingerprint density at radius 3 is 2.79 bits per heavy atom. The van der Waals surface area contributed by atoms with E-state index in [1.807, 2.05) is 6.92 Å². The van der Waals surface area contributed by atoms with Crippen LogP contribution in [0.15, 0.2) is 24.3 Å². The zero-order chi connectivity index (χ0) is 13.4. The molecule has 2 heterocycles. The summed E-state index contributed by atoms with van der Waals surface area (Å²) in [5.74, 6) is -0.0606. The van der Waals surface area contributed by atoms with E-state index >= 15 is 0 Å². The highest BCUT2D eigenvalue weighted by molar-refractivity contribution is 5.78. The minimum absolute atomic E-state index is 0.0497. The Morgan fingerprint density at radius 1 is 1.26 bits per heavy atom. The number of hydrogen-bond donors (Lipinski definition) is 0. The number of rotatable bonds is 1. The molecule has 1 aromatic carbocycles. The molecular weight excluding hydrogens is 240 g/mol. The maximum atomic E-state index is 11.9. The van der Waals surface area contributed by atoms with Gasteiger partial charge in [-0.05, 0) is 18.6 Å². The maximum absolute atomic E-state index is 11.9. The van der Waals surface area contributed by atoms with E-state index < -0.39 is 0 Å². The van der Waals surface area contributed by atoms with Crippen LogP contribution >= 0.6 is 0 Å². The SMILES string of the molecule is C[C@@H]1C[C@@H](N2CCN(C)c3ccccc3C2)C(=O)O1. The van der Waals surface area contributed by atoms with Gasteiger partial charge < -0.3 is 9.64 Å². The van der Waals surface area contributed by atoms with Crippen LogP contribution in [-0.2, 0) is 16.1 Å². The van der Waals surface area contributed by atoms with Crippen molar-refractivity contribution in [3.8, 4) is 0 Å². The Balaban J connectivity index is 1.85. The van der Waals surface area contributed by atoms with Crippen molar-refractivity contribution in [1.29, 1.82) is 0 Å². The van der Waals surface area contributed by atoms with Gasteiger partial charge in [0.15, 0.2) is 0 Å². The van der Waals surface area contributed by atoms with Crippen LogP contribution in [0.2, 0.25) is 0 Å². The first-order chi connectivity index (χ1) is 9.15. The van der Waals surface area contributed by atoms with E-state index in [-0.39, 0.29) is 18.1 Å². The van der Waals surface area contributed by atoms with E-state index in [4.69, 9.17) is 4.74 Å². The van der Waals surface area contributed by atoms with Crippen LogP contribution in [0.4, 0.5) is 5.69 Å². The lowest BCUT2D eigenvalue weighted by Crippen LogP contribution is -2.40. The van der Waals surface area contributed by atoms with Crippen LogP contribution in [-0.4, -0.2) is 43.2 Å². The Labute approximate surface area is 113 Å². The summed E-state index contributed by atoms with van der Waals surface area (Å²) < 4.78 is 5.29. The number of anilines is 1. The summed E-state index contributed by atoms with van der Waals surface area (Å²) in [5, 5.41) is 0. The Kier molecular flexibility index (Phi) is 3.19. The second-order valence-corrected chi connectivity index (χ2v) is 5.52. The van der Waals surface area contributed by atoms with E-state index in [1.165, 1.54) is 11.3 Å². The Hall–Kier alpha value is -1.55. The molecule has 4 nitrogen and oxygen atoms in total. The number of ether oxygens (including phenoxy) is 1. The van der Waals surface area contributed by atoms with E-state index in [0.717, 1.165) is 26.1 Å². The highest BCUT2D eigenvalue weighted by atomic mass is 16.6. The number of nitrogens with zero attached hydrogens (tertiary/aromatic N) is 2. The third-order valence-electron chi connectivity index (χ3n) is 4.08. The molecule has 1 fully saturated rings. The molecule has 0 radical (unpaired) electrons. The Morgan fingerprint density at radius 2 is 2.05 bits per heavy atom. The zero-order valence-corrected chi connectivity index (χ0v) is 11.5. The van der Waals surface area contributed by atoms with E-state index in [1.54, 1.807) is 0 Å². The van der Waals surface area contributed by atoms with Gasteiger partial charge in [0, 0.05) is 38.8 Å². The van der Waals surface area contributed by atoms with Gasteiger partial charge in [0.05, 0.1) is 0 Å². The van der Waals surface area contributed by atoms with E-state index in [9.17, 15) is 4.79 Å². The van der Waals surface area contributed by atoms with Crippen LogP contribution in [0.25, 0.3) is 0 Å². The highest BCUT2D eigenvalue weighted by Gasteiger charge is 2.37. The summed E-state index contributed by atoms with van der Waals surface area (Å²) in [7, 11) is 2.11. The van der Waals surface area contributed by atoms with Gasteiger partial charge in [-0.25, -0.2) is 0 Å². The number of esters is 1. The number of carbonyl (C=O) groups excluding carboxylic acids is 1. The number of fused-ring (bicyclic) bond motifs is 1. The molecule has 0 bridgehead atoms. The molecule has 4 heteroatoms. The molecule has 2 atom stereocenters. The summed E-state index contributed by atoms with van der Waals surface area (Å²) in [4.78, 5) is 16.4. The van der Waals surface area contributed by atoms with Crippen molar-refractivity contribution in [1.82, 2.24) is 4.90 Å². The smallest absolute Gasteiger partial charge is 0.323 e. The first kappa shape index (κ1) is 12.5. The number of para-hydroxylation sites is 1. The summed E-state index contributed by atoms with van der Waals surface area (Å²) >= 11 is 0. The lowest BCUT2D eigenvalue weighted by atomic mass is 10.1. The largest absolute Gasteiger partial charge is 0.461 e. The number of benzene rings is 1. The average Bonchev–Trinajstić information content (AvgIpc) is 2.64. The molecule has 1 aromatic rings. The minimum Gasteiger partial charge on any atom is -0.461 e. The highest BCUT2D eigenvalue weighted by Crippen LogP contribution is 2.28. The fourth-order valence-electron chi connectivity index (χ4n) is 3.01. The van der Waals surface area contributed by atoms with Crippen LogP contribution in [0.5, 0.6) is 0 Å². The molecule has 2 aliphatic heterocycles. The molecule has 0 spiro atoms. The second-order valence-electron chi connectivity index (χ2n) is 5.52. The lowest BCUT2D eigenvalue weighted by molar-refractivity contribution is -0.144. The van der Waals surface area contributed by atoms with E-state index in [0.29, 0.717) is 0 Å². The van der Waals surface area contributed by atoms with Crippen molar-refractivity contribution >= 4 is 11.7 Å². The minimum atomic E-state index is -0.0745. The predicted molar refractivity (Wildman–Crippen MR) is 74.1 cm³/mol. The summed E-state index contributed by atoms with van der Waals surface area (Å²) in [5.41, 5.74) is 2.55. The van der Waals surface area contributed by atoms with Gasteiger partial charge in [0.2, 0.25) is 0 Å². The first-order valence-corrected chi connectivity index (χ1v) is 6.89. The molecule has 0 aliphatic carbocycles. The fourth-order valence-corrected chi connectivity index (χ4v) is 3.01. The topological polar surface area (TPSA) is 32.8 Å². The van der Waals surface area contributed by atoms with Crippen LogP contribution in [0.3, 0.4) is 0 Å². The number of likely N-dealkylation sites (N-methyl/N-ethyl adjacent to an activating group) is 1. The van der Waals surface area contributed by atoms with Crippen LogP contribution in [0, 0.1) is 0 Å². The molecule has 19 heavy (non-hydrogen) atoms. The van der Waals surface area contributed by atoms with Gasteiger partial charge in [0.1, 0.15) is 12.1 Å². The second kappa shape index (κ2) is 4.85. The van der Waals surface area contributed by atoms with E-state index in [2.05, 4.69) is 41.1 Å². The van der Waals surface area contributed by atoms with Crippen LogP contribution < -0.4 is 4.90 Å². The molecule has 1 saturated heterocycles. The van der Waals surface area contributed by atoms with Gasteiger partial charge in [-0.15, -0.1) is 0 Å². The van der Waals surface area contributed by atoms with Crippen LogP contribution in [0.1, 0.15) is 18.9 Å². The van der Waals surface area contributed by atoms with Crippen molar-refractivity contribution < 1.29 is 9.53 Å². The molecule has 0 saturated carbocycles. The molecule has 0 unspecified atom stereocenters. The number of carbonyl (C=O) groups is 1. The zero-order valence-electron chi connectivity index (χ0n) is 11.5. The van der Waals surface area contributed by atoms with Crippen molar-refractivity contribution in [2.75, 3.05) is 25.0 Å². The Bertz CT molecular complexity index is 489. The van der Waals surface area contributed by atoms with Gasteiger partial charge in [-0.2, -0.15) is 0 Å². The quantitative estimate of drug-likeness (QED) is 0.719. The van der Waals surface area contributed by atoms with Crippen molar-refractivity contribution in [3.05, 3.63) is 29.8 Å². The number of hydrogen-bond acceptors (Lipinski definition) is 4. The summed E-state index contributed by atoms with van der Waals surface area (Å²) in [6, 6.07) is 8.35. The maximum Gasteiger partial charge on any atom is 0.323 e. The first-order valence-electron chi connectivity index (χ1n) is 6.89. The fraction of sp³-hybridized carbons (Fsp3) is 0.533. The average molecular weight is 260 g/mol. The molecule has 3 rings (SSSR count). The molecule has 0 amide bonds. The normalized spacial score (nSPS) is 27.9. The monoisotopic (exact) mass is 260 g/mol. The third kappa shape index (κ3) is 2.32. The van der Waals surface area contributed by atoms with Crippen molar-refractivity contribution in [2.45, 2.75) is 32.0 Å². The molecule has 102 valence electrons.